The number of rotatable bonds is 1. The highest BCUT2D eigenvalue weighted by atomic mass is 15.0. The molecule has 37 heavy (non-hydrogen) atoms. The highest BCUT2D eigenvalue weighted by Crippen LogP contribution is 2.43. The van der Waals surface area contributed by atoms with Gasteiger partial charge in [-0.05, 0) is 94.8 Å². The van der Waals surface area contributed by atoms with E-state index in [0.29, 0.717) is 0 Å². The fourth-order valence-electron chi connectivity index (χ4n) is 6.59. The Balaban J connectivity index is 1.58. The van der Waals surface area contributed by atoms with Gasteiger partial charge in [0.05, 0.1) is 16.6 Å². The van der Waals surface area contributed by atoms with Crippen LogP contribution in [0.4, 0.5) is 0 Å². The molecule has 2 nitrogen and oxygen atoms in total. The van der Waals surface area contributed by atoms with E-state index in [1.54, 1.807) is 0 Å². The molecule has 1 aliphatic rings. The van der Waals surface area contributed by atoms with Crippen molar-refractivity contribution in [3.8, 4) is 22.3 Å². The zero-order valence-electron chi connectivity index (χ0n) is 21.0. The standard InChI is InChI=1S/C35H26N2/c1-21-9-3-5-11-24(21)29-20-31-30(19-22(29)2)28-18-17-26-25-12-6-4-10-23(25)15-16-27(26)34(28)37-33-14-8-7-13-32(33)36-35(31)37/h3-14,17-20H,15-16H2,1-2H3. The Bertz CT molecular complexity index is 2060. The predicted molar refractivity (Wildman–Crippen MR) is 155 cm³/mol. The maximum Gasteiger partial charge on any atom is 0.146 e. The Morgan fingerprint density at radius 2 is 1.38 bits per heavy atom. The van der Waals surface area contributed by atoms with Crippen molar-refractivity contribution >= 4 is 38.4 Å². The molecule has 7 aromatic rings. The van der Waals surface area contributed by atoms with Crippen molar-refractivity contribution < 1.29 is 0 Å². The zero-order chi connectivity index (χ0) is 24.7. The molecule has 176 valence electrons. The van der Waals surface area contributed by atoms with Gasteiger partial charge in [0.2, 0.25) is 0 Å². The van der Waals surface area contributed by atoms with Crippen molar-refractivity contribution in [3.63, 3.8) is 0 Å². The predicted octanol–water partition coefficient (Wildman–Crippen LogP) is 8.84. The molecule has 0 radical (unpaired) electrons. The fraction of sp³-hybridized carbons (Fsp3) is 0.114. The van der Waals surface area contributed by atoms with Gasteiger partial charge < -0.3 is 0 Å². The van der Waals surface area contributed by atoms with E-state index in [2.05, 4.69) is 115 Å². The third kappa shape index (κ3) is 2.84. The van der Waals surface area contributed by atoms with Crippen molar-refractivity contribution in [3.05, 3.63) is 119 Å². The topological polar surface area (TPSA) is 17.3 Å². The molecule has 0 saturated heterocycles. The second-order valence-corrected chi connectivity index (χ2v) is 10.4. The normalized spacial score (nSPS) is 12.9. The van der Waals surface area contributed by atoms with Crippen LogP contribution in [0.1, 0.15) is 22.3 Å². The Morgan fingerprint density at radius 3 is 2.27 bits per heavy atom. The van der Waals surface area contributed by atoms with Crippen molar-refractivity contribution in [2.24, 2.45) is 0 Å². The molecule has 0 N–H and O–H groups in total. The van der Waals surface area contributed by atoms with Gasteiger partial charge >= 0.3 is 0 Å². The fourth-order valence-corrected chi connectivity index (χ4v) is 6.59. The molecule has 2 aromatic heterocycles. The molecule has 8 rings (SSSR count). The first-order valence-corrected chi connectivity index (χ1v) is 13.1. The maximum absolute atomic E-state index is 5.24. The number of aromatic nitrogens is 2. The van der Waals surface area contributed by atoms with Gasteiger partial charge in [0, 0.05) is 10.8 Å². The van der Waals surface area contributed by atoms with Crippen LogP contribution in [0.5, 0.6) is 0 Å². The number of hydrogen-bond donors (Lipinski definition) is 0. The van der Waals surface area contributed by atoms with Crippen LogP contribution in [0, 0.1) is 13.8 Å². The molecule has 0 spiro atoms. The first-order chi connectivity index (χ1) is 18.2. The average Bonchev–Trinajstić information content (AvgIpc) is 3.32. The second kappa shape index (κ2) is 7.54. The van der Waals surface area contributed by atoms with Crippen LogP contribution in [0.3, 0.4) is 0 Å². The summed E-state index contributed by atoms with van der Waals surface area (Å²) in [6.07, 6.45) is 2.11. The Labute approximate surface area is 215 Å². The van der Waals surface area contributed by atoms with E-state index in [-0.39, 0.29) is 0 Å². The van der Waals surface area contributed by atoms with E-state index in [1.807, 2.05) is 0 Å². The van der Waals surface area contributed by atoms with Gasteiger partial charge in [-0.15, -0.1) is 0 Å². The summed E-state index contributed by atoms with van der Waals surface area (Å²) in [6, 6.07) is 35.6. The summed E-state index contributed by atoms with van der Waals surface area (Å²) in [7, 11) is 0. The molecule has 0 saturated carbocycles. The molecule has 5 aromatic carbocycles. The van der Waals surface area contributed by atoms with E-state index in [9.17, 15) is 0 Å². The van der Waals surface area contributed by atoms with Gasteiger partial charge in [-0.3, -0.25) is 4.40 Å². The van der Waals surface area contributed by atoms with Crippen LogP contribution in [0.15, 0.2) is 97.1 Å². The summed E-state index contributed by atoms with van der Waals surface area (Å²) in [5.41, 5.74) is 15.4. The average molecular weight is 475 g/mol. The summed E-state index contributed by atoms with van der Waals surface area (Å²) in [4.78, 5) is 5.24. The van der Waals surface area contributed by atoms with Gasteiger partial charge in [-0.1, -0.05) is 78.9 Å². The quantitative estimate of drug-likeness (QED) is 0.217. The van der Waals surface area contributed by atoms with E-state index in [4.69, 9.17) is 4.98 Å². The maximum atomic E-state index is 5.24. The number of pyridine rings is 1. The largest absolute Gasteiger partial charge is 0.291 e. The molecule has 0 atom stereocenters. The molecule has 0 bridgehead atoms. The summed E-state index contributed by atoms with van der Waals surface area (Å²) in [5.74, 6) is 0. The van der Waals surface area contributed by atoms with Gasteiger partial charge in [0.1, 0.15) is 5.65 Å². The number of benzene rings is 5. The Kier molecular flexibility index (Phi) is 4.22. The first-order valence-electron chi connectivity index (χ1n) is 13.1. The van der Waals surface area contributed by atoms with Crippen molar-refractivity contribution in [2.75, 3.05) is 0 Å². The van der Waals surface area contributed by atoms with Gasteiger partial charge in [0.25, 0.3) is 0 Å². The van der Waals surface area contributed by atoms with Crippen LogP contribution in [0.2, 0.25) is 0 Å². The Hall–Kier alpha value is -4.43. The number of imidazole rings is 1. The summed E-state index contributed by atoms with van der Waals surface area (Å²) in [6.45, 7) is 4.44. The van der Waals surface area contributed by atoms with Gasteiger partial charge in [-0.2, -0.15) is 0 Å². The number of hydrogen-bond acceptors (Lipinski definition) is 1. The molecule has 0 aliphatic heterocycles. The minimum Gasteiger partial charge on any atom is -0.291 e. The third-order valence-electron chi connectivity index (χ3n) is 8.35. The van der Waals surface area contributed by atoms with Gasteiger partial charge in [-0.25, -0.2) is 4.98 Å². The van der Waals surface area contributed by atoms with Crippen molar-refractivity contribution in [1.82, 2.24) is 9.38 Å². The van der Waals surface area contributed by atoms with E-state index in [1.165, 1.54) is 71.7 Å². The van der Waals surface area contributed by atoms with E-state index < -0.39 is 0 Å². The van der Waals surface area contributed by atoms with Crippen molar-refractivity contribution in [1.29, 1.82) is 0 Å². The lowest BCUT2D eigenvalue weighted by Gasteiger charge is -2.23. The van der Waals surface area contributed by atoms with Crippen LogP contribution >= 0.6 is 0 Å². The van der Waals surface area contributed by atoms with Crippen LogP contribution in [0.25, 0.3) is 60.6 Å². The highest BCUT2D eigenvalue weighted by molar-refractivity contribution is 6.16. The molecule has 0 amide bonds. The minimum atomic E-state index is 1.04. The highest BCUT2D eigenvalue weighted by Gasteiger charge is 2.23. The lowest BCUT2D eigenvalue weighted by Crippen LogP contribution is -2.07. The second-order valence-electron chi connectivity index (χ2n) is 10.4. The van der Waals surface area contributed by atoms with Crippen LogP contribution in [-0.4, -0.2) is 9.38 Å². The van der Waals surface area contributed by atoms with Gasteiger partial charge in [0.15, 0.2) is 0 Å². The smallest absolute Gasteiger partial charge is 0.146 e. The molecule has 2 heterocycles. The third-order valence-corrected chi connectivity index (χ3v) is 8.35. The molecule has 1 aliphatic carbocycles. The van der Waals surface area contributed by atoms with Crippen LogP contribution < -0.4 is 0 Å². The lowest BCUT2D eigenvalue weighted by atomic mass is 9.83. The summed E-state index contributed by atoms with van der Waals surface area (Å²) >= 11 is 0. The number of fused-ring (bicyclic) bond motifs is 12. The molecule has 0 unspecified atom stereocenters. The van der Waals surface area contributed by atoms with Crippen molar-refractivity contribution in [2.45, 2.75) is 26.7 Å². The summed E-state index contributed by atoms with van der Waals surface area (Å²) in [5, 5.41) is 3.81. The summed E-state index contributed by atoms with van der Waals surface area (Å²) < 4.78 is 2.44. The molecule has 2 heteroatoms. The first kappa shape index (κ1) is 20.7. The molecule has 0 fully saturated rings. The van der Waals surface area contributed by atoms with E-state index >= 15 is 0 Å². The lowest BCUT2D eigenvalue weighted by molar-refractivity contribution is 0.946. The SMILES string of the molecule is Cc1ccccc1-c1cc2c(cc1C)c1ccc3c(c1n1c4ccccc4nc21)CCc1ccccc1-3. The molecular weight excluding hydrogens is 448 g/mol. The Morgan fingerprint density at radius 1 is 0.595 bits per heavy atom. The minimum absolute atomic E-state index is 1.04. The number of aryl methyl sites for hydroxylation is 4. The van der Waals surface area contributed by atoms with Crippen LogP contribution in [-0.2, 0) is 12.8 Å². The monoisotopic (exact) mass is 474 g/mol. The number of nitrogens with zero attached hydrogens (tertiary/aromatic N) is 2. The van der Waals surface area contributed by atoms with E-state index in [0.717, 1.165) is 24.0 Å². The zero-order valence-corrected chi connectivity index (χ0v) is 21.0. The number of para-hydroxylation sites is 2. The molecular formula is C35H26N2.